The van der Waals surface area contributed by atoms with Gasteiger partial charge in [0.05, 0.1) is 22.4 Å². The first-order valence-corrected chi connectivity index (χ1v) is 17.0. The van der Waals surface area contributed by atoms with Gasteiger partial charge in [-0.1, -0.05) is 133 Å². The summed E-state index contributed by atoms with van der Waals surface area (Å²) < 4.78 is 8.64. The average Bonchev–Trinajstić information content (AvgIpc) is 3.73. The summed E-state index contributed by atoms with van der Waals surface area (Å²) in [5, 5.41) is 4.63. The fourth-order valence-electron chi connectivity index (χ4n) is 7.35. The lowest BCUT2D eigenvalue weighted by Crippen LogP contribution is -1.95. The molecule has 0 aliphatic heterocycles. The highest BCUT2D eigenvalue weighted by atomic mass is 16.3. The van der Waals surface area contributed by atoms with E-state index in [9.17, 15) is 0 Å². The molecule has 0 aliphatic rings. The Labute approximate surface area is 289 Å². The van der Waals surface area contributed by atoms with Gasteiger partial charge in [0.15, 0.2) is 0 Å². The smallest absolute Gasteiger partial charge is 0.135 e. The van der Waals surface area contributed by atoms with Crippen LogP contribution in [-0.2, 0) is 0 Å². The summed E-state index contributed by atoms with van der Waals surface area (Å²) in [5.41, 5.74) is 13.9. The molecule has 0 fully saturated rings. The molecule has 7 aromatic carbocycles. The minimum atomic E-state index is 0.886. The third-order valence-electron chi connectivity index (χ3n) is 9.79. The standard InChI is InChI=1S/C47H30N2O/c1-4-12-31(13-5-1)34-20-23-38-39-24-21-35(43-27-36(32-14-6-2-7-15-32)26-42(48-43)33-16-8-3-9-17-33)29-45(39)49(44(38)28-34)37-22-25-47-41(30-37)40-18-10-11-19-46(40)50-47/h1-30H. The first-order chi connectivity index (χ1) is 24.8. The van der Waals surface area contributed by atoms with Crippen LogP contribution < -0.4 is 0 Å². The van der Waals surface area contributed by atoms with Crippen molar-refractivity contribution in [2.75, 3.05) is 0 Å². The lowest BCUT2D eigenvalue weighted by molar-refractivity contribution is 0.669. The van der Waals surface area contributed by atoms with Gasteiger partial charge >= 0.3 is 0 Å². The zero-order valence-electron chi connectivity index (χ0n) is 27.1. The van der Waals surface area contributed by atoms with Gasteiger partial charge in [0, 0.05) is 38.4 Å². The van der Waals surface area contributed by atoms with Crippen molar-refractivity contribution in [2.45, 2.75) is 0 Å². The summed E-state index contributed by atoms with van der Waals surface area (Å²) in [6.07, 6.45) is 0. The van der Waals surface area contributed by atoms with E-state index < -0.39 is 0 Å². The monoisotopic (exact) mass is 638 g/mol. The van der Waals surface area contributed by atoms with Crippen molar-refractivity contribution in [2.24, 2.45) is 0 Å². The highest BCUT2D eigenvalue weighted by Gasteiger charge is 2.17. The van der Waals surface area contributed by atoms with Gasteiger partial charge in [0.25, 0.3) is 0 Å². The lowest BCUT2D eigenvalue weighted by atomic mass is 9.99. The van der Waals surface area contributed by atoms with Crippen LogP contribution in [0, 0.1) is 0 Å². The van der Waals surface area contributed by atoms with Crippen molar-refractivity contribution in [3.8, 4) is 50.5 Å². The summed E-state index contributed by atoms with van der Waals surface area (Å²) in [7, 11) is 0. The van der Waals surface area contributed by atoms with Crippen LogP contribution in [0.1, 0.15) is 0 Å². The van der Waals surface area contributed by atoms with Crippen molar-refractivity contribution >= 4 is 43.7 Å². The molecule has 3 nitrogen and oxygen atoms in total. The molecule has 0 spiro atoms. The van der Waals surface area contributed by atoms with Gasteiger partial charge in [0.1, 0.15) is 11.2 Å². The number of para-hydroxylation sites is 1. The number of nitrogens with zero attached hydrogens (tertiary/aromatic N) is 2. The van der Waals surface area contributed by atoms with E-state index >= 15 is 0 Å². The van der Waals surface area contributed by atoms with Gasteiger partial charge in [0.2, 0.25) is 0 Å². The van der Waals surface area contributed by atoms with Crippen LogP contribution >= 0.6 is 0 Å². The Balaban J connectivity index is 1.24. The molecule has 0 bridgehead atoms. The maximum atomic E-state index is 6.23. The molecule has 3 aromatic heterocycles. The Morgan fingerprint density at radius 2 is 0.880 bits per heavy atom. The molecule has 0 aliphatic carbocycles. The molecule has 0 N–H and O–H groups in total. The van der Waals surface area contributed by atoms with E-state index in [0.29, 0.717) is 0 Å². The van der Waals surface area contributed by atoms with Crippen molar-refractivity contribution in [3.63, 3.8) is 0 Å². The van der Waals surface area contributed by atoms with Gasteiger partial charge < -0.3 is 8.98 Å². The number of pyridine rings is 1. The highest BCUT2D eigenvalue weighted by molar-refractivity contribution is 6.12. The van der Waals surface area contributed by atoms with Crippen molar-refractivity contribution < 1.29 is 4.42 Å². The second-order valence-corrected chi connectivity index (χ2v) is 12.8. The Bertz CT molecular complexity index is 2790. The second kappa shape index (κ2) is 11.5. The third kappa shape index (κ3) is 4.71. The quantitative estimate of drug-likeness (QED) is 0.188. The number of aromatic nitrogens is 2. The molecule has 3 heteroatoms. The van der Waals surface area contributed by atoms with E-state index in [-0.39, 0.29) is 0 Å². The van der Waals surface area contributed by atoms with E-state index in [2.05, 4.69) is 168 Å². The normalized spacial score (nSPS) is 11.6. The lowest BCUT2D eigenvalue weighted by Gasteiger charge is -2.12. The minimum Gasteiger partial charge on any atom is -0.456 e. The van der Waals surface area contributed by atoms with Crippen LogP contribution in [0.4, 0.5) is 0 Å². The van der Waals surface area contributed by atoms with Gasteiger partial charge in [-0.05, 0) is 70.8 Å². The van der Waals surface area contributed by atoms with Crippen molar-refractivity contribution in [1.29, 1.82) is 0 Å². The Hall–Kier alpha value is -6.71. The second-order valence-electron chi connectivity index (χ2n) is 12.8. The van der Waals surface area contributed by atoms with E-state index in [1.807, 2.05) is 18.2 Å². The first-order valence-electron chi connectivity index (χ1n) is 17.0. The van der Waals surface area contributed by atoms with Crippen LogP contribution in [0.15, 0.2) is 186 Å². The molecule has 0 amide bonds. The van der Waals surface area contributed by atoms with Gasteiger partial charge in [-0.3, -0.25) is 0 Å². The minimum absolute atomic E-state index is 0.886. The largest absolute Gasteiger partial charge is 0.456 e. The Morgan fingerprint density at radius 1 is 0.340 bits per heavy atom. The number of fused-ring (bicyclic) bond motifs is 6. The number of furan rings is 1. The van der Waals surface area contributed by atoms with Crippen LogP contribution in [0.25, 0.3) is 94.2 Å². The van der Waals surface area contributed by atoms with E-state index in [0.717, 1.165) is 72.3 Å². The van der Waals surface area contributed by atoms with Gasteiger partial charge in [-0.2, -0.15) is 0 Å². The molecule has 0 saturated carbocycles. The fourth-order valence-corrected chi connectivity index (χ4v) is 7.35. The van der Waals surface area contributed by atoms with Gasteiger partial charge in [-0.15, -0.1) is 0 Å². The van der Waals surface area contributed by atoms with E-state index in [1.54, 1.807) is 0 Å². The summed E-state index contributed by atoms with van der Waals surface area (Å²) in [5.74, 6) is 0. The predicted molar refractivity (Wildman–Crippen MR) is 208 cm³/mol. The number of hydrogen-bond donors (Lipinski definition) is 0. The zero-order valence-corrected chi connectivity index (χ0v) is 27.1. The van der Waals surface area contributed by atoms with Crippen LogP contribution in [0.3, 0.4) is 0 Å². The van der Waals surface area contributed by atoms with E-state index in [4.69, 9.17) is 9.40 Å². The van der Waals surface area contributed by atoms with Crippen molar-refractivity contribution in [3.05, 3.63) is 182 Å². The topological polar surface area (TPSA) is 31.0 Å². The number of benzene rings is 7. The van der Waals surface area contributed by atoms with E-state index in [1.165, 1.54) is 21.9 Å². The summed E-state index contributed by atoms with van der Waals surface area (Å²) in [4.78, 5) is 5.26. The molecule has 0 unspecified atom stereocenters. The molecule has 10 aromatic rings. The summed E-state index contributed by atoms with van der Waals surface area (Å²) in [6.45, 7) is 0. The van der Waals surface area contributed by atoms with Crippen molar-refractivity contribution in [1.82, 2.24) is 9.55 Å². The van der Waals surface area contributed by atoms with Crippen LogP contribution in [0.5, 0.6) is 0 Å². The molecule has 234 valence electrons. The maximum Gasteiger partial charge on any atom is 0.135 e. The number of rotatable bonds is 5. The predicted octanol–water partition coefficient (Wildman–Crippen LogP) is 12.7. The van der Waals surface area contributed by atoms with Crippen LogP contribution in [0.2, 0.25) is 0 Å². The third-order valence-corrected chi connectivity index (χ3v) is 9.79. The SMILES string of the molecule is c1ccc(-c2cc(-c3ccccc3)nc(-c3ccc4c5ccc(-c6ccccc6)cc5n(-c5ccc6oc7ccccc7c6c5)c4c3)c2)cc1. The molecular formula is C47H30N2O. The molecule has 3 heterocycles. The van der Waals surface area contributed by atoms with Gasteiger partial charge in [-0.25, -0.2) is 4.98 Å². The summed E-state index contributed by atoms with van der Waals surface area (Å²) in [6, 6.07) is 64.4. The first kappa shape index (κ1) is 28.3. The molecule has 50 heavy (non-hydrogen) atoms. The Morgan fingerprint density at radius 3 is 1.58 bits per heavy atom. The van der Waals surface area contributed by atoms with Crippen LogP contribution in [-0.4, -0.2) is 9.55 Å². The summed E-state index contributed by atoms with van der Waals surface area (Å²) >= 11 is 0. The average molecular weight is 639 g/mol. The molecule has 0 saturated heterocycles. The number of hydrogen-bond acceptors (Lipinski definition) is 2. The highest BCUT2D eigenvalue weighted by Crippen LogP contribution is 2.39. The molecule has 10 rings (SSSR count). The maximum absolute atomic E-state index is 6.23. The fraction of sp³-hybridized carbons (Fsp3) is 0. The molecular weight excluding hydrogens is 609 g/mol. The molecule has 0 radical (unpaired) electrons. The Kier molecular flexibility index (Phi) is 6.49. The molecule has 0 atom stereocenters. The zero-order chi connectivity index (χ0) is 33.0.